The molecular formula is C13H18INO4S. The molecule has 0 aromatic heterocycles. The smallest absolute Gasteiger partial charge is 0.307 e. The predicted molar refractivity (Wildman–Crippen MR) is 85.4 cm³/mol. The van der Waals surface area contributed by atoms with E-state index in [0.717, 1.165) is 5.56 Å². The van der Waals surface area contributed by atoms with Crippen LogP contribution in [0.5, 0.6) is 0 Å². The van der Waals surface area contributed by atoms with Crippen LogP contribution in [0.3, 0.4) is 0 Å². The maximum absolute atomic E-state index is 12.2. The molecule has 0 bridgehead atoms. The van der Waals surface area contributed by atoms with Gasteiger partial charge >= 0.3 is 5.97 Å². The van der Waals surface area contributed by atoms with Crippen LogP contribution in [0.2, 0.25) is 0 Å². The zero-order chi connectivity index (χ0) is 15.2. The van der Waals surface area contributed by atoms with Gasteiger partial charge in [-0.1, -0.05) is 40.3 Å². The van der Waals surface area contributed by atoms with Crippen LogP contribution in [0.15, 0.2) is 29.2 Å². The molecule has 0 saturated heterocycles. The van der Waals surface area contributed by atoms with Gasteiger partial charge in [-0.05, 0) is 26.0 Å². The van der Waals surface area contributed by atoms with Gasteiger partial charge < -0.3 is 4.74 Å². The maximum atomic E-state index is 12.2. The summed E-state index contributed by atoms with van der Waals surface area (Å²) in [5.41, 5.74) is 0.987. The van der Waals surface area contributed by atoms with Gasteiger partial charge in [0.05, 0.1) is 17.9 Å². The Morgan fingerprint density at radius 3 is 2.45 bits per heavy atom. The normalized spacial score (nSPS) is 12.9. The summed E-state index contributed by atoms with van der Waals surface area (Å²) in [6.45, 7) is 3.89. The molecule has 1 aromatic rings. The van der Waals surface area contributed by atoms with Gasteiger partial charge in [-0.15, -0.1) is 0 Å². The highest BCUT2D eigenvalue weighted by Gasteiger charge is 2.21. The molecule has 112 valence electrons. The molecule has 0 amide bonds. The third-order valence-corrected chi connectivity index (χ3v) is 5.16. The molecule has 0 unspecified atom stereocenters. The van der Waals surface area contributed by atoms with Crippen molar-refractivity contribution < 1.29 is 17.9 Å². The van der Waals surface area contributed by atoms with Crippen molar-refractivity contribution in [3.8, 4) is 0 Å². The van der Waals surface area contributed by atoms with Crippen molar-refractivity contribution >= 4 is 38.6 Å². The first-order valence-electron chi connectivity index (χ1n) is 6.19. The molecule has 0 fully saturated rings. The molecular weight excluding hydrogens is 393 g/mol. The van der Waals surface area contributed by atoms with Crippen LogP contribution in [0.25, 0.3) is 0 Å². The maximum Gasteiger partial charge on any atom is 0.307 e. The average molecular weight is 411 g/mol. The minimum Gasteiger partial charge on any atom is -0.466 e. The second kappa shape index (κ2) is 7.94. The molecule has 0 spiro atoms. The number of alkyl halides is 1. The SMILES string of the molecule is CCOC(=O)C[C@@H](CI)NS(=O)(=O)c1ccc(C)cc1. The highest BCUT2D eigenvalue weighted by Crippen LogP contribution is 2.12. The Kier molecular flexibility index (Phi) is 6.90. The van der Waals surface area contributed by atoms with Crippen LogP contribution in [-0.2, 0) is 19.6 Å². The molecule has 1 N–H and O–H groups in total. The highest BCUT2D eigenvalue weighted by atomic mass is 127. The molecule has 0 aliphatic rings. The Labute approximate surface area is 133 Å². The van der Waals surface area contributed by atoms with Crippen LogP contribution >= 0.6 is 22.6 Å². The van der Waals surface area contributed by atoms with E-state index < -0.39 is 22.0 Å². The van der Waals surface area contributed by atoms with Gasteiger partial charge in [-0.25, -0.2) is 13.1 Å². The summed E-state index contributed by atoms with van der Waals surface area (Å²) in [7, 11) is -3.61. The van der Waals surface area contributed by atoms with Gasteiger partial charge in [0, 0.05) is 10.5 Å². The van der Waals surface area contributed by atoms with Gasteiger partial charge in [0.1, 0.15) is 0 Å². The van der Waals surface area contributed by atoms with Gasteiger partial charge in [0.15, 0.2) is 0 Å². The molecule has 1 rings (SSSR count). The second-order valence-electron chi connectivity index (χ2n) is 4.29. The number of aryl methyl sites for hydroxylation is 1. The first-order valence-corrected chi connectivity index (χ1v) is 9.20. The first kappa shape index (κ1) is 17.4. The van der Waals surface area contributed by atoms with E-state index in [9.17, 15) is 13.2 Å². The third kappa shape index (κ3) is 5.37. The lowest BCUT2D eigenvalue weighted by Crippen LogP contribution is -2.38. The van der Waals surface area contributed by atoms with Crippen molar-refractivity contribution in [1.82, 2.24) is 4.72 Å². The minimum atomic E-state index is -3.61. The van der Waals surface area contributed by atoms with E-state index in [4.69, 9.17) is 4.74 Å². The monoisotopic (exact) mass is 411 g/mol. The molecule has 0 aliphatic heterocycles. The number of nitrogens with one attached hydrogen (secondary N) is 1. The number of rotatable bonds is 7. The number of carbonyl (C=O) groups excluding carboxylic acids is 1. The molecule has 0 heterocycles. The fraction of sp³-hybridized carbons (Fsp3) is 0.462. The third-order valence-electron chi connectivity index (χ3n) is 2.56. The number of hydrogen-bond acceptors (Lipinski definition) is 4. The Morgan fingerprint density at radius 1 is 1.35 bits per heavy atom. The molecule has 0 radical (unpaired) electrons. The molecule has 5 nitrogen and oxygen atoms in total. The fourth-order valence-electron chi connectivity index (χ4n) is 1.55. The average Bonchev–Trinajstić information content (AvgIpc) is 2.38. The van der Waals surface area contributed by atoms with E-state index >= 15 is 0 Å². The van der Waals surface area contributed by atoms with E-state index in [0.29, 0.717) is 4.43 Å². The molecule has 20 heavy (non-hydrogen) atoms. The van der Waals surface area contributed by atoms with Gasteiger partial charge in [-0.2, -0.15) is 0 Å². The van der Waals surface area contributed by atoms with E-state index in [1.807, 2.05) is 29.5 Å². The lowest BCUT2D eigenvalue weighted by Gasteiger charge is -2.15. The van der Waals surface area contributed by atoms with Crippen molar-refractivity contribution in [3.63, 3.8) is 0 Å². The van der Waals surface area contributed by atoms with Crippen LogP contribution in [0.1, 0.15) is 18.9 Å². The van der Waals surface area contributed by atoms with Crippen molar-refractivity contribution in [2.75, 3.05) is 11.0 Å². The van der Waals surface area contributed by atoms with Crippen molar-refractivity contribution in [2.24, 2.45) is 0 Å². The van der Waals surface area contributed by atoms with Gasteiger partial charge in [-0.3, -0.25) is 4.79 Å². The van der Waals surface area contributed by atoms with Crippen LogP contribution in [-0.4, -0.2) is 31.5 Å². The number of benzene rings is 1. The number of hydrogen-bond donors (Lipinski definition) is 1. The summed E-state index contributed by atoms with van der Waals surface area (Å²) in [5.74, 6) is -0.402. The molecule has 0 saturated carbocycles. The number of halogens is 1. The van der Waals surface area contributed by atoms with Crippen molar-refractivity contribution in [1.29, 1.82) is 0 Å². The second-order valence-corrected chi connectivity index (χ2v) is 6.89. The summed E-state index contributed by atoms with van der Waals surface area (Å²) in [6.07, 6.45) is 0.0296. The molecule has 7 heteroatoms. The van der Waals surface area contributed by atoms with Crippen LogP contribution in [0, 0.1) is 6.92 Å². The van der Waals surface area contributed by atoms with E-state index in [1.165, 1.54) is 0 Å². The standard InChI is InChI=1S/C13H18INO4S/c1-3-19-13(16)8-11(9-14)15-20(17,18)12-6-4-10(2)5-7-12/h4-7,11,15H,3,8-9H2,1-2H3/t11-/m0/s1. The Hall–Kier alpha value is -0.670. The summed E-state index contributed by atoms with van der Waals surface area (Å²) in [4.78, 5) is 11.6. The summed E-state index contributed by atoms with van der Waals surface area (Å²) >= 11 is 2.04. The van der Waals surface area contributed by atoms with Gasteiger partial charge in [0.25, 0.3) is 0 Å². The molecule has 0 aliphatic carbocycles. The highest BCUT2D eigenvalue weighted by molar-refractivity contribution is 14.1. The summed E-state index contributed by atoms with van der Waals surface area (Å²) < 4.78 is 32.2. The topological polar surface area (TPSA) is 72.5 Å². The first-order chi connectivity index (χ1) is 9.39. The lowest BCUT2D eigenvalue weighted by molar-refractivity contribution is -0.143. The number of esters is 1. The summed E-state index contributed by atoms with van der Waals surface area (Å²) in [6, 6.07) is 6.09. The minimum absolute atomic E-state index is 0.0296. The van der Waals surface area contributed by atoms with E-state index in [1.54, 1.807) is 31.2 Å². The zero-order valence-corrected chi connectivity index (χ0v) is 14.4. The largest absolute Gasteiger partial charge is 0.466 e. The Bertz CT molecular complexity index is 542. The van der Waals surface area contributed by atoms with Gasteiger partial charge in [0.2, 0.25) is 10.0 Å². The number of sulfonamides is 1. The fourth-order valence-corrected chi connectivity index (χ4v) is 3.62. The molecule has 1 aromatic carbocycles. The van der Waals surface area contributed by atoms with Crippen LogP contribution in [0.4, 0.5) is 0 Å². The molecule has 1 atom stereocenters. The van der Waals surface area contributed by atoms with E-state index in [2.05, 4.69) is 4.72 Å². The Balaban J connectivity index is 2.77. The number of carbonyl (C=O) groups is 1. The summed E-state index contributed by atoms with van der Waals surface area (Å²) in [5, 5.41) is 0. The van der Waals surface area contributed by atoms with Crippen molar-refractivity contribution in [3.05, 3.63) is 29.8 Å². The van der Waals surface area contributed by atoms with Crippen molar-refractivity contribution in [2.45, 2.75) is 31.2 Å². The number of ether oxygens (including phenoxy) is 1. The Morgan fingerprint density at radius 2 is 1.95 bits per heavy atom. The lowest BCUT2D eigenvalue weighted by atomic mass is 10.2. The quantitative estimate of drug-likeness (QED) is 0.424. The predicted octanol–water partition coefficient (Wildman–Crippen LogP) is 2.03. The zero-order valence-electron chi connectivity index (χ0n) is 11.4. The van der Waals surface area contributed by atoms with Crippen LogP contribution < -0.4 is 4.72 Å². The van der Waals surface area contributed by atoms with E-state index in [-0.39, 0.29) is 17.9 Å².